The van der Waals surface area contributed by atoms with Crippen molar-refractivity contribution in [3.63, 3.8) is 0 Å². The lowest BCUT2D eigenvalue weighted by Crippen LogP contribution is -2.41. The van der Waals surface area contributed by atoms with Gasteiger partial charge in [-0.25, -0.2) is 9.67 Å². The Labute approximate surface area is 159 Å². The highest BCUT2D eigenvalue weighted by atomic mass is 16.7. The van der Waals surface area contributed by atoms with E-state index in [4.69, 9.17) is 14.0 Å². The molecule has 4 rings (SSSR count). The van der Waals surface area contributed by atoms with Crippen LogP contribution in [0.1, 0.15) is 27.7 Å². The number of rotatable bonds is 3. The Bertz CT molecular complexity index is 997. The molecule has 1 fully saturated rings. The smallest absolute Gasteiger partial charge is 0.496 e. The molecule has 1 aliphatic rings. The third kappa shape index (κ3) is 2.82. The summed E-state index contributed by atoms with van der Waals surface area (Å²) in [4.78, 5) is 4.62. The normalized spacial score (nSPS) is 18.2. The molecule has 3 heterocycles. The van der Waals surface area contributed by atoms with Gasteiger partial charge in [0.25, 0.3) is 0 Å². The molecule has 0 N–H and O–H groups in total. The maximum Gasteiger partial charge on any atom is 0.496 e. The lowest BCUT2D eigenvalue weighted by molar-refractivity contribution is 0.00578. The summed E-state index contributed by atoms with van der Waals surface area (Å²) in [6.07, 6.45) is 1.80. The van der Waals surface area contributed by atoms with Gasteiger partial charge in [-0.2, -0.15) is 5.10 Å². The minimum absolute atomic E-state index is 0.396. The molecule has 0 bridgehead atoms. The first-order valence-electron chi connectivity index (χ1n) is 9.05. The van der Waals surface area contributed by atoms with E-state index < -0.39 is 18.3 Å². The van der Waals surface area contributed by atoms with E-state index in [-0.39, 0.29) is 0 Å². The van der Waals surface area contributed by atoms with Crippen LogP contribution in [0.5, 0.6) is 5.75 Å². The highest BCUT2D eigenvalue weighted by molar-refractivity contribution is 6.62. The topological polar surface area (TPSA) is 58.4 Å². The lowest BCUT2D eigenvalue weighted by atomic mass is 9.80. The van der Waals surface area contributed by atoms with Crippen LogP contribution >= 0.6 is 0 Å². The van der Waals surface area contributed by atoms with Gasteiger partial charge in [0.05, 0.1) is 18.3 Å². The number of benzene rings is 1. The Hall–Kier alpha value is -2.38. The molecule has 3 aromatic rings. The van der Waals surface area contributed by atoms with E-state index in [1.54, 1.807) is 18.0 Å². The fraction of sp³-hybridized carbons (Fsp3) is 0.400. The molecule has 140 valence electrons. The van der Waals surface area contributed by atoms with Crippen LogP contribution in [0.4, 0.5) is 0 Å². The van der Waals surface area contributed by atoms with E-state index >= 15 is 0 Å². The Balaban J connectivity index is 1.84. The Kier molecular flexibility index (Phi) is 4.05. The van der Waals surface area contributed by atoms with Gasteiger partial charge in [-0.05, 0) is 45.9 Å². The van der Waals surface area contributed by atoms with Crippen LogP contribution < -0.4 is 10.2 Å². The van der Waals surface area contributed by atoms with Crippen molar-refractivity contribution in [1.82, 2.24) is 14.8 Å². The largest absolute Gasteiger partial charge is 0.496 e. The van der Waals surface area contributed by atoms with E-state index in [0.29, 0.717) is 0 Å². The third-order valence-corrected chi connectivity index (χ3v) is 5.59. The van der Waals surface area contributed by atoms with Gasteiger partial charge in [0.2, 0.25) is 0 Å². The van der Waals surface area contributed by atoms with E-state index in [1.807, 2.05) is 59.0 Å². The van der Waals surface area contributed by atoms with E-state index in [9.17, 15) is 0 Å². The van der Waals surface area contributed by atoms with Crippen LogP contribution in [0.25, 0.3) is 22.3 Å². The summed E-state index contributed by atoms with van der Waals surface area (Å²) in [5.41, 5.74) is 2.65. The number of aryl methyl sites for hydroxylation is 1. The number of hydrogen-bond acceptors (Lipinski definition) is 5. The van der Waals surface area contributed by atoms with Crippen LogP contribution in [0.15, 0.2) is 36.5 Å². The van der Waals surface area contributed by atoms with Gasteiger partial charge >= 0.3 is 7.12 Å². The van der Waals surface area contributed by atoms with Gasteiger partial charge in [-0.3, -0.25) is 0 Å². The summed E-state index contributed by atoms with van der Waals surface area (Å²) in [5.74, 6) is 0.776. The molecule has 0 amide bonds. The summed E-state index contributed by atoms with van der Waals surface area (Å²) in [7, 11) is 3.10. The maximum atomic E-state index is 6.18. The highest BCUT2D eigenvalue weighted by Crippen LogP contribution is 2.37. The molecule has 0 saturated carbocycles. The van der Waals surface area contributed by atoms with Crippen molar-refractivity contribution in [2.75, 3.05) is 7.11 Å². The number of nitrogens with zero attached hydrogens (tertiary/aromatic N) is 3. The van der Waals surface area contributed by atoms with Crippen molar-refractivity contribution in [3.05, 3.63) is 36.5 Å². The molecule has 1 aliphatic heterocycles. The molecule has 6 nitrogen and oxygen atoms in total. The molecule has 7 heteroatoms. The average molecular weight is 365 g/mol. The number of aromatic nitrogens is 3. The van der Waals surface area contributed by atoms with E-state index in [1.165, 1.54) is 0 Å². The zero-order valence-corrected chi connectivity index (χ0v) is 16.6. The maximum absolute atomic E-state index is 6.18. The van der Waals surface area contributed by atoms with Gasteiger partial charge in [-0.1, -0.05) is 12.1 Å². The third-order valence-electron chi connectivity index (χ3n) is 5.59. The number of methoxy groups -OCH3 is 1. The SMILES string of the molecule is COc1ccccc1-c1nn(C)c2ncc(B3OC(C)(C)C(C)(C)O3)cc12. The molecule has 0 atom stereocenters. The lowest BCUT2D eigenvalue weighted by Gasteiger charge is -2.32. The van der Waals surface area contributed by atoms with Crippen molar-refractivity contribution in [3.8, 4) is 17.0 Å². The second-order valence-electron chi connectivity index (χ2n) is 7.90. The molecule has 0 unspecified atom stereocenters. The summed E-state index contributed by atoms with van der Waals surface area (Å²) >= 11 is 0. The zero-order valence-electron chi connectivity index (χ0n) is 16.6. The number of hydrogen-bond donors (Lipinski definition) is 0. The van der Waals surface area contributed by atoms with Crippen LogP contribution in [0.3, 0.4) is 0 Å². The van der Waals surface area contributed by atoms with Crippen LogP contribution in [-0.2, 0) is 16.4 Å². The average Bonchev–Trinajstić information content (AvgIpc) is 3.07. The van der Waals surface area contributed by atoms with Gasteiger partial charge in [0.15, 0.2) is 5.65 Å². The second kappa shape index (κ2) is 6.07. The van der Waals surface area contributed by atoms with Crippen molar-refractivity contribution >= 4 is 23.6 Å². The molecule has 0 spiro atoms. The van der Waals surface area contributed by atoms with Gasteiger partial charge in [-0.15, -0.1) is 0 Å². The number of pyridine rings is 1. The van der Waals surface area contributed by atoms with E-state index in [0.717, 1.165) is 33.5 Å². The Morgan fingerprint density at radius 3 is 2.41 bits per heavy atom. The van der Waals surface area contributed by atoms with E-state index in [2.05, 4.69) is 16.1 Å². The van der Waals surface area contributed by atoms with Gasteiger partial charge in [0, 0.05) is 29.7 Å². The standard InChI is InChI=1S/C20H24BN3O3/c1-19(2)20(3,4)27-21(26-19)13-11-15-17(23-24(5)18(15)22-12-13)14-9-7-8-10-16(14)25-6/h7-12H,1-6H3. The molecule has 1 saturated heterocycles. The monoisotopic (exact) mass is 365 g/mol. The number of fused-ring (bicyclic) bond motifs is 1. The van der Waals surface area contributed by atoms with Crippen LogP contribution in [0, 0.1) is 0 Å². The minimum Gasteiger partial charge on any atom is -0.496 e. The highest BCUT2D eigenvalue weighted by Gasteiger charge is 2.51. The summed E-state index contributed by atoms with van der Waals surface area (Å²) in [6.45, 7) is 8.18. The molecular weight excluding hydrogens is 341 g/mol. The van der Waals surface area contributed by atoms with Gasteiger partial charge < -0.3 is 14.0 Å². The Morgan fingerprint density at radius 1 is 1.07 bits per heavy atom. The number of para-hydroxylation sites is 1. The van der Waals surface area contributed by atoms with Crippen molar-refractivity contribution in [2.24, 2.45) is 7.05 Å². The van der Waals surface area contributed by atoms with Gasteiger partial charge in [0.1, 0.15) is 11.4 Å². The molecule has 0 aliphatic carbocycles. The summed E-state index contributed by atoms with van der Waals surface area (Å²) in [6, 6.07) is 9.91. The number of ether oxygens (including phenoxy) is 1. The Morgan fingerprint density at radius 2 is 1.74 bits per heavy atom. The molecule has 2 aromatic heterocycles. The fourth-order valence-electron chi connectivity index (χ4n) is 3.30. The van der Waals surface area contributed by atoms with Crippen molar-refractivity contribution in [2.45, 2.75) is 38.9 Å². The fourth-order valence-corrected chi connectivity index (χ4v) is 3.30. The quantitative estimate of drug-likeness (QED) is 0.668. The van der Waals surface area contributed by atoms with Crippen LogP contribution in [-0.4, -0.2) is 40.2 Å². The first kappa shape index (κ1) is 18.0. The van der Waals surface area contributed by atoms with Crippen LogP contribution in [0.2, 0.25) is 0 Å². The first-order chi connectivity index (χ1) is 12.7. The molecule has 27 heavy (non-hydrogen) atoms. The van der Waals surface area contributed by atoms with Crippen molar-refractivity contribution in [1.29, 1.82) is 0 Å². The summed E-state index contributed by atoms with van der Waals surface area (Å²) < 4.78 is 19.7. The summed E-state index contributed by atoms with van der Waals surface area (Å²) in [5, 5.41) is 5.63. The predicted molar refractivity (Wildman–Crippen MR) is 106 cm³/mol. The predicted octanol–water partition coefficient (Wildman–Crippen LogP) is 2.94. The second-order valence-corrected chi connectivity index (χ2v) is 7.90. The molecular formula is C20H24BN3O3. The first-order valence-corrected chi connectivity index (χ1v) is 9.05. The molecule has 0 radical (unpaired) electrons. The molecule has 1 aromatic carbocycles. The van der Waals surface area contributed by atoms with Crippen molar-refractivity contribution < 1.29 is 14.0 Å². The zero-order chi connectivity index (χ0) is 19.4. The minimum atomic E-state index is -0.461.